The molecule has 0 saturated heterocycles. The van der Waals surface area contributed by atoms with Crippen molar-refractivity contribution in [3.8, 4) is 0 Å². The van der Waals surface area contributed by atoms with Gasteiger partial charge in [0.05, 0.1) is 0 Å². The van der Waals surface area contributed by atoms with Gasteiger partial charge < -0.3 is 0 Å². The number of hydrogen-bond donors (Lipinski definition) is 0. The van der Waals surface area contributed by atoms with E-state index in [1.807, 2.05) is 0 Å². The van der Waals surface area contributed by atoms with Crippen LogP contribution in [0.15, 0.2) is 12.2 Å². The molecule has 0 aliphatic heterocycles. The molecule has 1 heteroatoms. The van der Waals surface area contributed by atoms with E-state index < -0.39 is 0 Å². The fraction of sp³-hybridized carbons (Fsp3) is 0.833. The second kappa shape index (κ2) is 12.0. The van der Waals surface area contributed by atoms with Crippen LogP contribution in [0.3, 0.4) is 0 Å². The van der Waals surface area contributed by atoms with E-state index in [1.54, 1.807) is 0 Å². The van der Waals surface area contributed by atoms with Crippen molar-refractivity contribution in [2.75, 3.05) is 5.88 Å². The Morgan fingerprint density at radius 1 is 0.846 bits per heavy atom. The summed E-state index contributed by atoms with van der Waals surface area (Å²) in [6.07, 6.45) is 15.0. The molecule has 78 valence electrons. The standard InChI is InChI=1S/C12H23Cl/c1-2-3-4-5-6-7-8-9-10-11-12-13/h5-6H,2-4,7-12H2,1H3. The predicted molar refractivity (Wildman–Crippen MR) is 62.5 cm³/mol. The van der Waals surface area contributed by atoms with Gasteiger partial charge in [-0.1, -0.05) is 44.8 Å². The minimum atomic E-state index is 0.826. The van der Waals surface area contributed by atoms with E-state index in [4.69, 9.17) is 11.6 Å². The van der Waals surface area contributed by atoms with Gasteiger partial charge in [0.25, 0.3) is 0 Å². The van der Waals surface area contributed by atoms with Crippen molar-refractivity contribution in [1.82, 2.24) is 0 Å². The van der Waals surface area contributed by atoms with Gasteiger partial charge in [0.2, 0.25) is 0 Å². The lowest BCUT2D eigenvalue weighted by molar-refractivity contribution is 0.675. The van der Waals surface area contributed by atoms with E-state index in [2.05, 4.69) is 19.1 Å². The van der Waals surface area contributed by atoms with Crippen molar-refractivity contribution in [2.45, 2.75) is 58.3 Å². The highest BCUT2D eigenvalue weighted by Gasteiger charge is 1.86. The van der Waals surface area contributed by atoms with E-state index in [-0.39, 0.29) is 0 Å². The molecule has 0 radical (unpaired) electrons. The Balaban J connectivity index is 2.93. The smallest absolute Gasteiger partial charge is 0.0223 e. The molecular formula is C12H23Cl. The van der Waals surface area contributed by atoms with Crippen LogP contribution in [0.4, 0.5) is 0 Å². The molecule has 0 aromatic rings. The molecule has 0 N–H and O–H groups in total. The normalized spacial score (nSPS) is 11.2. The Hall–Kier alpha value is 0.0300. The van der Waals surface area contributed by atoms with Crippen LogP contribution in [0.5, 0.6) is 0 Å². The van der Waals surface area contributed by atoms with Gasteiger partial charge in [0.1, 0.15) is 0 Å². The molecule has 13 heavy (non-hydrogen) atoms. The molecule has 0 nitrogen and oxygen atoms in total. The molecule has 0 unspecified atom stereocenters. The second-order valence-electron chi connectivity index (χ2n) is 3.51. The Kier molecular flexibility index (Phi) is 12.1. The van der Waals surface area contributed by atoms with Gasteiger partial charge in [-0.15, -0.1) is 11.6 Å². The van der Waals surface area contributed by atoms with Crippen molar-refractivity contribution in [3.63, 3.8) is 0 Å². The topological polar surface area (TPSA) is 0 Å². The summed E-state index contributed by atoms with van der Waals surface area (Å²) in [6, 6.07) is 0. The Bertz CT molecular complexity index is 108. The van der Waals surface area contributed by atoms with Gasteiger partial charge >= 0.3 is 0 Å². The number of alkyl halides is 1. The molecule has 0 saturated carbocycles. The summed E-state index contributed by atoms with van der Waals surface area (Å²) in [5.74, 6) is 0.826. The quantitative estimate of drug-likeness (QED) is 0.283. The average molecular weight is 203 g/mol. The first kappa shape index (κ1) is 13.0. The van der Waals surface area contributed by atoms with Crippen molar-refractivity contribution >= 4 is 11.6 Å². The van der Waals surface area contributed by atoms with Crippen LogP contribution in [0.1, 0.15) is 58.3 Å². The molecule has 0 aliphatic carbocycles. The summed E-state index contributed by atoms with van der Waals surface area (Å²) >= 11 is 5.58. The van der Waals surface area contributed by atoms with Gasteiger partial charge in [0, 0.05) is 5.88 Å². The van der Waals surface area contributed by atoms with E-state index in [0.29, 0.717) is 0 Å². The van der Waals surface area contributed by atoms with Crippen molar-refractivity contribution in [1.29, 1.82) is 0 Å². The minimum absolute atomic E-state index is 0.826. The molecule has 0 rings (SSSR count). The summed E-state index contributed by atoms with van der Waals surface area (Å²) in [4.78, 5) is 0. The molecule has 0 aromatic carbocycles. The molecule has 0 aromatic heterocycles. The first-order valence-corrected chi connectivity index (χ1v) is 6.16. The maximum atomic E-state index is 5.58. The van der Waals surface area contributed by atoms with Crippen LogP contribution >= 0.6 is 11.6 Å². The summed E-state index contributed by atoms with van der Waals surface area (Å²) in [5, 5.41) is 0. The van der Waals surface area contributed by atoms with Crippen molar-refractivity contribution in [3.05, 3.63) is 12.2 Å². The second-order valence-corrected chi connectivity index (χ2v) is 3.88. The van der Waals surface area contributed by atoms with E-state index in [1.165, 1.54) is 51.4 Å². The zero-order valence-corrected chi connectivity index (χ0v) is 9.65. The van der Waals surface area contributed by atoms with Gasteiger partial charge in [0.15, 0.2) is 0 Å². The molecule has 0 fully saturated rings. The summed E-state index contributed by atoms with van der Waals surface area (Å²) in [5.41, 5.74) is 0. The maximum Gasteiger partial charge on any atom is 0.0223 e. The van der Waals surface area contributed by atoms with Crippen LogP contribution in [0.2, 0.25) is 0 Å². The van der Waals surface area contributed by atoms with Gasteiger partial charge in [-0.05, 0) is 25.7 Å². The lowest BCUT2D eigenvalue weighted by Crippen LogP contribution is -1.78. The first-order valence-electron chi connectivity index (χ1n) is 5.62. The predicted octanol–water partition coefficient (Wildman–Crippen LogP) is 4.92. The van der Waals surface area contributed by atoms with Gasteiger partial charge in [-0.25, -0.2) is 0 Å². The Morgan fingerprint density at radius 2 is 1.46 bits per heavy atom. The Labute approximate surface area is 88.4 Å². The van der Waals surface area contributed by atoms with Crippen LogP contribution in [0, 0.1) is 0 Å². The van der Waals surface area contributed by atoms with Crippen molar-refractivity contribution in [2.24, 2.45) is 0 Å². The molecule has 0 spiro atoms. The Morgan fingerprint density at radius 3 is 2.08 bits per heavy atom. The highest BCUT2D eigenvalue weighted by atomic mass is 35.5. The minimum Gasteiger partial charge on any atom is -0.127 e. The van der Waals surface area contributed by atoms with Crippen LogP contribution < -0.4 is 0 Å². The largest absolute Gasteiger partial charge is 0.127 e. The number of unbranched alkanes of at least 4 members (excludes halogenated alkanes) is 6. The highest BCUT2D eigenvalue weighted by Crippen LogP contribution is 2.05. The zero-order valence-electron chi connectivity index (χ0n) is 8.90. The molecule has 0 atom stereocenters. The number of halogens is 1. The summed E-state index contributed by atoms with van der Waals surface area (Å²) in [6.45, 7) is 2.24. The molecule has 0 heterocycles. The lowest BCUT2D eigenvalue weighted by atomic mass is 10.1. The third-order valence-corrected chi connectivity index (χ3v) is 2.41. The summed E-state index contributed by atoms with van der Waals surface area (Å²) < 4.78 is 0. The summed E-state index contributed by atoms with van der Waals surface area (Å²) in [7, 11) is 0. The van der Waals surface area contributed by atoms with Gasteiger partial charge in [-0.3, -0.25) is 0 Å². The van der Waals surface area contributed by atoms with Gasteiger partial charge in [-0.2, -0.15) is 0 Å². The third-order valence-electron chi connectivity index (χ3n) is 2.15. The SMILES string of the molecule is CCCCC=CCCCCCCCl. The van der Waals surface area contributed by atoms with E-state index in [9.17, 15) is 0 Å². The monoisotopic (exact) mass is 202 g/mol. The van der Waals surface area contributed by atoms with Crippen LogP contribution in [-0.2, 0) is 0 Å². The first-order chi connectivity index (χ1) is 6.41. The fourth-order valence-electron chi connectivity index (χ4n) is 1.27. The van der Waals surface area contributed by atoms with E-state index in [0.717, 1.165) is 5.88 Å². The zero-order chi connectivity index (χ0) is 9.78. The lowest BCUT2D eigenvalue weighted by Gasteiger charge is -1.95. The average Bonchev–Trinajstić information content (AvgIpc) is 2.16. The number of rotatable bonds is 9. The van der Waals surface area contributed by atoms with Crippen LogP contribution in [0.25, 0.3) is 0 Å². The highest BCUT2D eigenvalue weighted by molar-refractivity contribution is 6.17. The molecular weight excluding hydrogens is 180 g/mol. The number of allylic oxidation sites excluding steroid dienone is 2. The number of hydrogen-bond acceptors (Lipinski definition) is 0. The van der Waals surface area contributed by atoms with Crippen LogP contribution in [-0.4, -0.2) is 5.88 Å². The molecule has 0 bridgehead atoms. The van der Waals surface area contributed by atoms with Crippen molar-refractivity contribution < 1.29 is 0 Å². The molecule has 0 amide bonds. The van der Waals surface area contributed by atoms with E-state index >= 15 is 0 Å². The fourth-order valence-corrected chi connectivity index (χ4v) is 1.46. The maximum absolute atomic E-state index is 5.58. The third kappa shape index (κ3) is 12.0. The molecule has 0 aliphatic rings.